The Kier molecular flexibility index (Phi) is 5.93. The van der Waals surface area contributed by atoms with E-state index < -0.39 is 0 Å². The first-order valence-electron chi connectivity index (χ1n) is 7.49. The van der Waals surface area contributed by atoms with Gasteiger partial charge in [-0.2, -0.15) is 0 Å². The Labute approximate surface area is 160 Å². The summed E-state index contributed by atoms with van der Waals surface area (Å²) in [4.78, 5) is 9.16. The fourth-order valence-electron chi connectivity index (χ4n) is 2.40. The molecule has 2 aromatic heterocycles. The lowest BCUT2D eigenvalue weighted by Crippen LogP contribution is -2.01. The first-order valence-corrected chi connectivity index (χ1v) is 9.06. The summed E-state index contributed by atoms with van der Waals surface area (Å²) < 4.78 is 0. The van der Waals surface area contributed by atoms with E-state index in [1.807, 2.05) is 24.3 Å². The van der Waals surface area contributed by atoms with Crippen molar-refractivity contribution in [1.82, 2.24) is 9.97 Å². The first kappa shape index (κ1) is 18.2. The molecular weight excluding hydrogens is 377 g/mol. The normalized spacial score (nSPS) is 10.9. The molecule has 0 aliphatic heterocycles. The van der Waals surface area contributed by atoms with Crippen molar-refractivity contribution < 1.29 is 5.11 Å². The van der Waals surface area contributed by atoms with E-state index in [9.17, 15) is 5.11 Å². The molecule has 0 bridgehead atoms. The third kappa shape index (κ3) is 4.14. The van der Waals surface area contributed by atoms with Gasteiger partial charge in [0.15, 0.2) is 0 Å². The molecule has 128 valence electrons. The Morgan fingerprint density at radius 3 is 2.56 bits per heavy atom. The molecule has 0 aliphatic carbocycles. The molecule has 0 radical (unpaired) electrons. The second-order valence-electron chi connectivity index (χ2n) is 5.25. The van der Waals surface area contributed by atoms with E-state index in [1.54, 1.807) is 24.5 Å². The molecular formula is C18H15Cl2N3OS. The third-order valence-electron chi connectivity index (χ3n) is 3.62. The van der Waals surface area contributed by atoms with Crippen molar-refractivity contribution in [2.45, 2.75) is 23.1 Å². The topological polar surface area (TPSA) is 72.0 Å². The van der Waals surface area contributed by atoms with Crippen LogP contribution in [-0.4, -0.2) is 15.1 Å². The molecule has 0 amide bonds. The average Bonchev–Trinajstić information content (AvgIpc) is 2.63. The van der Waals surface area contributed by atoms with Gasteiger partial charge >= 0.3 is 0 Å². The number of aromatic nitrogens is 2. The van der Waals surface area contributed by atoms with Crippen molar-refractivity contribution in [1.29, 1.82) is 0 Å². The number of benzene rings is 1. The number of pyridine rings is 2. The van der Waals surface area contributed by atoms with Crippen LogP contribution >= 0.6 is 35.0 Å². The summed E-state index contributed by atoms with van der Waals surface area (Å²) in [7, 11) is 0. The molecule has 7 heteroatoms. The summed E-state index contributed by atoms with van der Waals surface area (Å²) in [6.07, 6.45) is 3.34. The van der Waals surface area contributed by atoms with Crippen molar-refractivity contribution >= 4 is 35.0 Å². The number of aliphatic hydroxyl groups is 1. The zero-order valence-corrected chi connectivity index (χ0v) is 15.4. The molecule has 3 rings (SSSR count). The van der Waals surface area contributed by atoms with Crippen LogP contribution in [0.1, 0.15) is 11.1 Å². The minimum Gasteiger partial charge on any atom is -0.392 e. The Morgan fingerprint density at radius 2 is 1.84 bits per heavy atom. The van der Waals surface area contributed by atoms with Gasteiger partial charge in [-0.15, -0.1) is 0 Å². The highest BCUT2D eigenvalue weighted by Gasteiger charge is 2.14. The molecule has 25 heavy (non-hydrogen) atoms. The minimum absolute atomic E-state index is 0.0840. The quantitative estimate of drug-likeness (QED) is 0.623. The van der Waals surface area contributed by atoms with Crippen molar-refractivity contribution in [3.05, 3.63) is 70.1 Å². The van der Waals surface area contributed by atoms with Crippen LogP contribution in [-0.2, 0) is 13.2 Å². The molecule has 2 heterocycles. The lowest BCUT2D eigenvalue weighted by molar-refractivity contribution is 0.278. The number of hydrogen-bond acceptors (Lipinski definition) is 5. The molecule has 0 saturated carbocycles. The predicted molar refractivity (Wildman–Crippen MR) is 102 cm³/mol. The number of nitrogens with zero attached hydrogens (tertiary/aromatic N) is 2. The Bertz CT molecular complexity index is 905. The predicted octanol–water partition coefficient (Wildman–Crippen LogP) is 4.55. The molecule has 3 N–H and O–H groups in total. The van der Waals surface area contributed by atoms with Crippen LogP contribution < -0.4 is 5.73 Å². The molecule has 3 aromatic rings. The Morgan fingerprint density at radius 1 is 1.00 bits per heavy atom. The van der Waals surface area contributed by atoms with E-state index >= 15 is 0 Å². The molecule has 0 aliphatic rings. The number of rotatable bonds is 5. The van der Waals surface area contributed by atoms with Crippen LogP contribution in [0.15, 0.2) is 58.7 Å². The zero-order valence-electron chi connectivity index (χ0n) is 13.1. The highest BCUT2D eigenvalue weighted by atomic mass is 35.5. The van der Waals surface area contributed by atoms with Crippen molar-refractivity contribution in [3.63, 3.8) is 0 Å². The molecule has 1 aromatic carbocycles. The number of nitrogens with two attached hydrogens (primary N) is 1. The van der Waals surface area contributed by atoms with Crippen LogP contribution in [0, 0.1) is 0 Å². The van der Waals surface area contributed by atoms with Gasteiger partial charge in [0.25, 0.3) is 0 Å². The van der Waals surface area contributed by atoms with Gasteiger partial charge < -0.3 is 10.8 Å². The first-order chi connectivity index (χ1) is 12.1. The lowest BCUT2D eigenvalue weighted by atomic mass is 10.0. The van der Waals surface area contributed by atoms with E-state index in [-0.39, 0.29) is 6.61 Å². The SMILES string of the molecule is NCc1cc(-c2ccnc(Cl)c2)cc(Cl)c1Sc1ncccc1CO. The number of aliphatic hydroxyl groups excluding tert-OH is 1. The third-order valence-corrected chi connectivity index (χ3v) is 5.48. The van der Waals surface area contributed by atoms with Gasteiger partial charge in [-0.3, -0.25) is 0 Å². The Balaban J connectivity index is 2.03. The summed E-state index contributed by atoms with van der Waals surface area (Å²) in [6, 6.07) is 11.1. The number of halogens is 2. The summed E-state index contributed by atoms with van der Waals surface area (Å²) in [5, 5.41) is 11.2. The maximum absolute atomic E-state index is 9.48. The van der Waals surface area contributed by atoms with Crippen molar-refractivity contribution in [2.24, 2.45) is 5.73 Å². The van der Waals surface area contributed by atoms with Gasteiger partial charge in [0.1, 0.15) is 10.2 Å². The molecule has 0 unspecified atom stereocenters. The zero-order chi connectivity index (χ0) is 17.8. The maximum atomic E-state index is 9.48. The van der Waals surface area contributed by atoms with Crippen LogP contribution in [0.5, 0.6) is 0 Å². The smallest absolute Gasteiger partial charge is 0.129 e. The van der Waals surface area contributed by atoms with Crippen molar-refractivity contribution in [2.75, 3.05) is 0 Å². The summed E-state index contributed by atoms with van der Waals surface area (Å²) in [5.74, 6) is 0. The Hall–Kier alpha value is -1.63. The standard InChI is InChI=1S/C18H15Cl2N3OS/c19-15-7-13(11-3-5-22-16(20)8-11)6-14(9-21)17(15)25-18-12(10-24)2-1-4-23-18/h1-8,24H,9-10,21H2. The second kappa shape index (κ2) is 8.17. The lowest BCUT2D eigenvalue weighted by Gasteiger charge is -2.14. The molecule has 0 atom stereocenters. The second-order valence-corrected chi connectivity index (χ2v) is 7.04. The van der Waals surface area contributed by atoms with Crippen LogP contribution in [0.4, 0.5) is 0 Å². The summed E-state index contributed by atoms with van der Waals surface area (Å²) in [6.45, 7) is 0.245. The molecule has 0 fully saturated rings. The van der Waals surface area contributed by atoms with E-state index in [1.165, 1.54) is 11.8 Å². The van der Waals surface area contributed by atoms with Gasteiger partial charge in [0, 0.05) is 29.4 Å². The number of hydrogen-bond donors (Lipinski definition) is 2. The largest absolute Gasteiger partial charge is 0.392 e. The monoisotopic (exact) mass is 391 g/mol. The summed E-state index contributed by atoms with van der Waals surface area (Å²) in [5.41, 5.74) is 9.42. The van der Waals surface area contributed by atoms with E-state index in [0.717, 1.165) is 27.1 Å². The van der Waals surface area contributed by atoms with Gasteiger partial charge in [-0.05, 0) is 47.0 Å². The highest BCUT2D eigenvalue weighted by Crippen LogP contribution is 2.39. The fraction of sp³-hybridized carbons (Fsp3) is 0.111. The highest BCUT2D eigenvalue weighted by molar-refractivity contribution is 7.99. The van der Waals surface area contributed by atoms with Gasteiger partial charge in [0.2, 0.25) is 0 Å². The molecule has 4 nitrogen and oxygen atoms in total. The minimum atomic E-state index is -0.0840. The van der Waals surface area contributed by atoms with Gasteiger partial charge in [-0.1, -0.05) is 41.0 Å². The van der Waals surface area contributed by atoms with Crippen LogP contribution in [0.25, 0.3) is 11.1 Å². The van der Waals surface area contributed by atoms with Crippen molar-refractivity contribution in [3.8, 4) is 11.1 Å². The maximum Gasteiger partial charge on any atom is 0.129 e. The molecule has 0 spiro atoms. The summed E-state index contributed by atoms with van der Waals surface area (Å²) >= 11 is 13.9. The van der Waals surface area contributed by atoms with Gasteiger partial charge in [0.05, 0.1) is 11.6 Å². The van der Waals surface area contributed by atoms with E-state index in [4.69, 9.17) is 28.9 Å². The fourth-order valence-corrected chi connectivity index (χ4v) is 3.93. The molecule has 0 saturated heterocycles. The van der Waals surface area contributed by atoms with E-state index in [0.29, 0.717) is 21.7 Å². The van der Waals surface area contributed by atoms with Crippen LogP contribution in [0.3, 0.4) is 0 Å². The van der Waals surface area contributed by atoms with E-state index in [2.05, 4.69) is 9.97 Å². The van der Waals surface area contributed by atoms with Crippen LogP contribution in [0.2, 0.25) is 10.2 Å². The van der Waals surface area contributed by atoms with Gasteiger partial charge in [-0.25, -0.2) is 9.97 Å². The average molecular weight is 392 g/mol.